The van der Waals surface area contributed by atoms with Gasteiger partial charge in [-0.25, -0.2) is 0 Å². The van der Waals surface area contributed by atoms with E-state index in [4.69, 9.17) is 5.11 Å². The Morgan fingerprint density at radius 1 is 1.20 bits per heavy atom. The topological polar surface area (TPSA) is 32.3 Å². The van der Waals surface area contributed by atoms with Crippen LogP contribution in [0.4, 0.5) is 0 Å². The Morgan fingerprint density at radius 3 is 2.53 bits per heavy atom. The molecule has 2 nitrogen and oxygen atoms in total. The Hall–Kier alpha value is -0.510. The number of rotatable bonds is 7. The van der Waals surface area contributed by atoms with Crippen molar-refractivity contribution in [2.45, 2.75) is 17.7 Å². The van der Waals surface area contributed by atoms with Crippen LogP contribution in [0.5, 0.6) is 0 Å². The molecule has 0 radical (unpaired) electrons. The van der Waals surface area contributed by atoms with Crippen molar-refractivity contribution >= 4 is 11.8 Å². The third-order valence-corrected chi connectivity index (χ3v) is 3.00. The van der Waals surface area contributed by atoms with Gasteiger partial charge in [-0.2, -0.15) is 0 Å². The summed E-state index contributed by atoms with van der Waals surface area (Å²) in [5.41, 5.74) is 1.37. The van der Waals surface area contributed by atoms with Crippen LogP contribution in [-0.4, -0.2) is 31.1 Å². The maximum atomic E-state index is 8.60. The Balaban J connectivity index is 2.20. The molecule has 15 heavy (non-hydrogen) atoms. The van der Waals surface area contributed by atoms with E-state index in [0.717, 1.165) is 25.9 Å². The number of hydrogen-bond donors (Lipinski definition) is 2. The zero-order valence-corrected chi connectivity index (χ0v) is 10.0. The first kappa shape index (κ1) is 12.6. The molecule has 0 unspecified atom stereocenters. The third kappa shape index (κ3) is 5.21. The highest BCUT2D eigenvalue weighted by Gasteiger charge is 1.93. The summed E-state index contributed by atoms with van der Waals surface area (Å²) < 4.78 is 0. The minimum absolute atomic E-state index is 0.273. The van der Waals surface area contributed by atoms with Gasteiger partial charge in [0.05, 0.1) is 0 Å². The van der Waals surface area contributed by atoms with Gasteiger partial charge in [-0.05, 0) is 49.9 Å². The molecule has 0 saturated carbocycles. The summed E-state index contributed by atoms with van der Waals surface area (Å²) in [6, 6.07) is 8.68. The van der Waals surface area contributed by atoms with Crippen molar-refractivity contribution < 1.29 is 5.11 Å². The molecular formula is C12H19NOS. The summed E-state index contributed by atoms with van der Waals surface area (Å²) in [6.07, 6.45) is 3.98. The fourth-order valence-electron chi connectivity index (χ4n) is 1.35. The highest BCUT2D eigenvalue weighted by atomic mass is 32.2. The summed E-state index contributed by atoms with van der Waals surface area (Å²) >= 11 is 1.77. The third-order valence-electron chi connectivity index (χ3n) is 2.26. The SMILES string of the molecule is CSc1ccc(CCNCCCO)cc1. The molecule has 0 spiro atoms. The predicted octanol–water partition coefficient (Wildman–Crippen LogP) is 1.92. The number of hydrogen-bond acceptors (Lipinski definition) is 3. The number of aliphatic hydroxyl groups excluding tert-OH is 1. The van der Waals surface area contributed by atoms with E-state index in [1.165, 1.54) is 10.5 Å². The molecule has 0 aliphatic rings. The van der Waals surface area contributed by atoms with Crippen LogP contribution in [0.1, 0.15) is 12.0 Å². The van der Waals surface area contributed by atoms with Crippen molar-refractivity contribution in [2.75, 3.05) is 26.0 Å². The molecular weight excluding hydrogens is 206 g/mol. The molecule has 1 aromatic carbocycles. The van der Waals surface area contributed by atoms with E-state index in [0.29, 0.717) is 0 Å². The van der Waals surface area contributed by atoms with Gasteiger partial charge in [0.25, 0.3) is 0 Å². The van der Waals surface area contributed by atoms with Gasteiger partial charge in [0.2, 0.25) is 0 Å². The number of nitrogens with one attached hydrogen (secondary N) is 1. The number of benzene rings is 1. The molecule has 0 fully saturated rings. The van der Waals surface area contributed by atoms with Gasteiger partial charge in [0.15, 0.2) is 0 Å². The standard InChI is InChI=1S/C12H19NOS/c1-15-12-5-3-11(4-6-12)7-9-13-8-2-10-14/h3-6,13-14H,2,7-10H2,1H3. The van der Waals surface area contributed by atoms with Gasteiger partial charge in [-0.3, -0.25) is 0 Å². The first-order valence-corrected chi connectivity index (χ1v) is 6.54. The van der Waals surface area contributed by atoms with Crippen LogP contribution >= 0.6 is 11.8 Å². The van der Waals surface area contributed by atoms with Gasteiger partial charge in [-0.15, -0.1) is 11.8 Å². The maximum absolute atomic E-state index is 8.60. The lowest BCUT2D eigenvalue weighted by Gasteiger charge is -2.04. The Kier molecular flexibility index (Phi) is 6.48. The molecule has 0 heterocycles. The average molecular weight is 225 g/mol. The Bertz CT molecular complexity index is 261. The Morgan fingerprint density at radius 2 is 1.93 bits per heavy atom. The predicted molar refractivity (Wildman–Crippen MR) is 66.5 cm³/mol. The van der Waals surface area contributed by atoms with Crippen LogP contribution in [0.15, 0.2) is 29.2 Å². The molecule has 0 atom stereocenters. The largest absolute Gasteiger partial charge is 0.396 e. The van der Waals surface area contributed by atoms with E-state index in [9.17, 15) is 0 Å². The fraction of sp³-hybridized carbons (Fsp3) is 0.500. The normalized spacial score (nSPS) is 10.5. The highest BCUT2D eigenvalue weighted by Crippen LogP contribution is 2.14. The molecule has 1 rings (SSSR count). The molecule has 3 heteroatoms. The van der Waals surface area contributed by atoms with E-state index in [2.05, 4.69) is 35.8 Å². The second kappa shape index (κ2) is 7.74. The van der Waals surface area contributed by atoms with Crippen LogP contribution in [0.25, 0.3) is 0 Å². The van der Waals surface area contributed by atoms with Gasteiger partial charge in [-0.1, -0.05) is 12.1 Å². The van der Waals surface area contributed by atoms with Crippen molar-refractivity contribution in [2.24, 2.45) is 0 Å². The molecule has 0 aromatic heterocycles. The summed E-state index contributed by atoms with van der Waals surface area (Å²) in [6.45, 7) is 2.16. The summed E-state index contributed by atoms with van der Waals surface area (Å²) in [5.74, 6) is 0. The molecule has 1 aromatic rings. The van der Waals surface area contributed by atoms with Crippen molar-refractivity contribution in [3.8, 4) is 0 Å². The van der Waals surface area contributed by atoms with E-state index < -0.39 is 0 Å². The van der Waals surface area contributed by atoms with Gasteiger partial charge in [0.1, 0.15) is 0 Å². The lowest BCUT2D eigenvalue weighted by atomic mass is 10.1. The highest BCUT2D eigenvalue weighted by molar-refractivity contribution is 7.98. The van der Waals surface area contributed by atoms with Gasteiger partial charge < -0.3 is 10.4 Å². The average Bonchev–Trinajstić information content (AvgIpc) is 2.30. The van der Waals surface area contributed by atoms with Crippen LogP contribution in [0.2, 0.25) is 0 Å². The van der Waals surface area contributed by atoms with Crippen molar-refractivity contribution in [3.63, 3.8) is 0 Å². The summed E-state index contributed by atoms with van der Waals surface area (Å²) in [4.78, 5) is 1.31. The zero-order valence-electron chi connectivity index (χ0n) is 9.20. The monoisotopic (exact) mass is 225 g/mol. The number of aliphatic hydroxyl groups is 1. The van der Waals surface area contributed by atoms with Crippen LogP contribution in [0, 0.1) is 0 Å². The van der Waals surface area contributed by atoms with E-state index in [1.807, 2.05) is 0 Å². The van der Waals surface area contributed by atoms with Crippen molar-refractivity contribution in [3.05, 3.63) is 29.8 Å². The summed E-state index contributed by atoms with van der Waals surface area (Å²) in [7, 11) is 0. The molecule has 0 bridgehead atoms. The maximum Gasteiger partial charge on any atom is 0.0443 e. The van der Waals surface area contributed by atoms with Crippen LogP contribution in [0.3, 0.4) is 0 Å². The van der Waals surface area contributed by atoms with E-state index in [1.54, 1.807) is 11.8 Å². The second-order valence-electron chi connectivity index (χ2n) is 3.43. The van der Waals surface area contributed by atoms with Crippen LogP contribution in [-0.2, 0) is 6.42 Å². The molecule has 0 saturated heterocycles. The number of thioether (sulfide) groups is 1. The van der Waals surface area contributed by atoms with Gasteiger partial charge >= 0.3 is 0 Å². The lowest BCUT2D eigenvalue weighted by molar-refractivity contribution is 0.286. The quantitative estimate of drug-likeness (QED) is 0.549. The second-order valence-corrected chi connectivity index (χ2v) is 4.30. The lowest BCUT2D eigenvalue weighted by Crippen LogP contribution is -2.19. The van der Waals surface area contributed by atoms with Gasteiger partial charge in [0, 0.05) is 11.5 Å². The smallest absolute Gasteiger partial charge is 0.0443 e. The molecule has 84 valence electrons. The minimum atomic E-state index is 0.273. The molecule has 0 aliphatic heterocycles. The molecule has 0 aliphatic carbocycles. The summed E-state index contributed by atoms with van der Waals surface area (Å²) in [5, 5.41) is 11.9. The van der Waals surface area contributed by atoms with Crippen LogP contribution < -0.4 is 5.32 Å². The van der Waals surface area contributed by atoms with Crippen molar-refractivity contribution in [1.29, 1.82) is 0 Å². The van der Waals surface area contributed by atoms with E-state index >= 15 is 0 Å². The van der Waals surface area contributed by atoms with E-state index in [-0.39, 0.29) is 6.61 Å². The fourth-order valence-corrected chi connectivity index (χ4v) is 1.76. The first-order valence-electron chi connectivity index (χ1n) is 5.31. The Labute approximate surface area is 96.1 Å². The zero-order chi connectivity index (χ0) is 10.9. The van der Waals surface area contributed by atoms with Crippen molar-refractivity contribution in [1.82, 2.24) is 5.32 Å². The minimum Gasteiger partial charge on any atom is -0.396 e. The molecule has 2 N–H and O–H groups in total. The molecule has 0 amide bonds. The first-order chi connectivity index (χ1) is 7.36.